The van der Waals surface area contributed by atoms with E-state index in [1.54, 1.807) is 17.4 Å². The second-order valence-corrected chi connectivity index (χ2v) is 5.39. The predicted octanol–water partition coefficient (Wildman–Crippen LogP) is 2.71. The van der Waals surface area contributed by atoms with Gasteiger partial charge in [-0.05, 0) is 19.1 Å². The summed E-state index contributed by atoms with van der Waals surface area (Å²) in [7, 11) is 0. The summed E-state index contributed by atoms with van der Waals surface area (Å²) in [5, 5.41) is 1.96. The van der Waals surface area contributed by atoms with E-state index in [2.05, 4.69) is 4.98 Å². The van der Waals surface area contributed by atoms with Crippen molar-refractivity contribution in [1.82, 2.24) is 9.38 Å². The minimum Gasteiger partial charge on any atom is -0.398 e. The van der Waals surface area contributed by atoms with Crippen LogP contribution < -0.4 is 5.73 Å². The summed E-state index contributed by atoms with van der Waals surface area (Å²) in [6.07, 6.45) is 4.10. The number of carbonyl (C=O) groups excluding carboxylic acids is 1. The van der Waals surface area contributed by atoms with Crippen molar-refractivity contribution >= 4 is 27.8 Å². The van der Waals surface area contributed by atoms with E-state index in [1.165, 1.54) is 0 Å². The Hall–Kier alpha value is -2.14. The first-order chi connectivity index (χ1) is 9.13. The molecule has 0 amide bonds. The van der Waals surface area contributed by atoms with Gasteiger partial charge in [-0.1, -0.05) is 11.6 Å². The number of nitrogens with zero attached hydrogens (tertiary/aromatic N) is 2. The molecule has 0 radical (unpaired) electrons. The van der Waals surface area contributed by atoms with E-state index >= 15 is 0 Å². The van der Waals surface area contributed by atoms with Gasteiger partial charge in [0.05, 0.1) is 12.1 Å². The van der Waals surface area contributed by atoms with Crippen LogP contribution in [0.2, 0.25) is 0 Å². The summed E-state index contributed by atoms with van der Waals surface area (Å²) in [6, 6.07) is 5.50. The molecular weight excluding hydrogens is 258 g/mol. The van der Waals surface area contributed by atoms with Gasteiger partial charge in [-0.2, -0.15) is 0 Å². The van der Waals surface area contributed by atoms with Crippen LogP contribution in [0.15, 0.2) is 36.0 Å². The number of Topliss-reactive ketones (excluding diaryl/α,β-unsaturated/α-hetero) is 1. The van der Waals surface area contributed by atoms with E-state index in [0.717, 1.165) is 16.2 Å². The largest absolute Gasteiger partial charge is 0.398 e. The second-order valence-electron chi connectivity index (χ2n) is 4.52. The Labute approximate surface area is 114 Å². The summed E-state index contributed by atoms with van der Waals surface area (Å²) in [6.45, 7) is 1.95. The SMILES string of the molecule is Cc1ccc(N)c(C(=O)Cc2cn3ccsc3n2)c1. The summed E-state index contributed by atoms with van der Waals surface area (Å²) in [5.74, 6) is 0.00644. The van der Waals surface area contributed by atoms with Crippen LogP contribution >= 0.6 is 11.3 Å². The van der Waals surface area contributed by atoms with Gasteiger partial charge < -0.3 is 5.73 Å². The Kier molecular flexibility index (Phi) is 2.83. The number of hydrogen-bond donors (Lipinski definition) is 1. The third-order valence-electron chi connectivity index (χ3n) is 2.99. The molecule has 2 heterocycles. The van der Waals surface area contributed by atoms with Gasteiger partial charge in [0.25, 0.3) is 0 Å². The number of nitrogen functional groups attached to an aromatic ring is 1. The Morgan fingerprint density at radius 1 is 1.47 bits per heavy atom. The van der Waals surface area contributed by atoms with Gasteiger partial charge in [-0.15, -0.1) is 11.3 Å². The average Bonchev–Trinajstić information content (AvgIpc) is 2.92. The second kappa shape index (κ2) is 4.51. The zero-order valence-electron chi connectivity index (χ0n) is 10.5. The minimum atomic E-state index is 0.00644. The Morgan fingerprint density at radius 3 is 3.11 bits per heavy atom. The van der Waals surface area contributed by atoms with E-state index < -0.39 is 0 Å². The quantitative estimate of drug-likeness (QED) is 0.588. The number of aryl methyl sites for hydroxylation is 1. The molecule has 0 spiro atoms. The standard InChI is InChI=1S/C14H13N3OS/c1-9-2-3-12(15)11(6-9)13(18)7-10-8-17-4-5-19-14(17)16-10/h2-6,8H,7,15H2,1H3. The molecule has 0 fully saturated rings. The number of ketones is 1. The highest BCUT2D eigenvalue weighted by atomic mass is 32.1. The number of nitrogens with two attached hydrogens (primary N) is 1. The Bertz CT molecular complexity index is 728. The van der Waals surface area contributed by atoms with Crippen LogP contribution in [0.25, 0.3) is 4.96 Å². The fourth-order valence-electron chi connectivity index (χ4n) is 2.03. The highest BCUT2D eigenvalue weighted by molar-refractivity contribution is 7.15. The van der Waals surface area contributed by atoms with Gasteiger partial charge in [0.1, 0.15) is 0 Å². The zero-order chi connectivity index (χ0) is 13.4. The number of thiazole rings is 1. The van der Waals surface area contributed by atoms with Gasteiger partial charge in [0.2, 0.25) is 0 Å². The van der Waals surface area contributed by atoms with Crippen LogP contribution in [-0.2, 0) is 6.42 Å². The Balaban J connectivity index is 1.88. The fourth-order valence-corrected chi connectivity index (χ4v) is 2.75. The molecule has 1 aromatic carbocycles. The maximum Gasteiger partial charge on any atom is 0.193 e. The van der Waals surface area contributed by atoms with Crippen LogP contribution in [-0.4, -0.2) is 15.2 Å². The topological polar surface area (TPSA) is 60.4 Å². The van der Waals surface area contributed by atoms with Gasteiger partial charge in [0, 0.05) is 29.0 Å². The average molecular weight is 271 g/mol. The predicted molar refractivity (Wildman–Crippen MR) is 76.7 cm³/mol. The van der Waals surface area contributed by atoms with Crippen molar-refractivity contribution in [2.24, 2.45) is 0 Å². The molecule has 2 N–H and O–H groups in total. The lowest BCUT2D eigenvalue weighted by molar-refractivity contribution is 0.0993. The first-order valence-electron chi connectivity index (χ1n) is 5.94. The molecule has 19 heavy (non-hydrogen) atoms. The molecule has 0 atom stereocenters. The van der Waals surface area contributed by atoms with Gasteiger partial charge in [-0.25, -0.2) is 4.98 Å². The third-order valence-corrected chi connectivity index (χ3v) is 3.76. The van der Waals surface area contributed by atoms with Crippen LogP contribution in [0.1, 0.15) is 21.6 Å². The fraction of sp³-hybridized carbons (Fsp3) is 0.143. The number of imidazole rings is 1. The number of hydrogen-bond acceptors (Lipinski definition) is 4. The Morgan fingerprint density at radius 2 is 2.32 bits per heavy atom. The molecule has 4 nitrogen and oxygen atoms in total. The number of rotatable bonds is 3. The lowest BCUT2D eigenvalue weighted by Crippen LogP contribution is -2.07. The molecule has 0 saturated heterocycles. The zero-order valence-corrected chi connectivity index (χ0v) is 11.3. The molecule has 0 aliphatic heterocycles. The smallest absolute Gasteiger partial charge is 0.193 e. The van der Waals surface area contributed by atoms with Crippen LogP contribution in [0.4, 0.5) is 5.69 Å². The highest BCUT2D eigenvalue weighted by Gasteiger charge is 2.13. The maximum absolute atomic E-state index is 12.3. The van der Waals surface area contributed by atoms with Gasteiger partial charge >= 0.3 is 0 Å². The molecule has 0 bridgehead atoms. The van der Waals surface area contributed by atoms with Crippen molar-refractivity contribution in [1.29, 1.82) is 0 Å². The van der Waals surface area contributed by atoms with Gasteiger partial charge in [-0.3, -0.25) is 9.20 Å². The van der Waals surface area contributed by atoms with Crippen molar-refractivity contribution in [2.75, 3.05) is 5.73 Å². The number of benzene rings is 1. The monoisotopic (exact) mass is 271 g/mol. The molecule has 2 aromatic heterocycles. The van der Waals surface area contributed by atoms with Crippen LogP contribution in [0, 0.1) is 6.92 Å². The van der Waals surface area contributed by atoms with E-state index in [0.29, 0.717) is 11.3 Å². The lowest BCUT2D eigenvalue weighted by Gasteiger charge is -2.04. The minimum absolute atomic E-state index is 0.00644. The lowest BCUT2D eigenvalue weighted by atomic mass is 10.0. The van der Waals surface area contributed by atoms with Crippen LogP contribution in [0.5, 0.6) is 0 Å². The van der Waals surface area contributed by atoms with E-state index in [9.17, 15) is 4.79 Å². The third kappa shape index (κ3) is 2.24. The highest BCUT2D eigenvalue weighted by Crippen LogP contribution is 2.18. The van der Waals surface area contributed by atoms with E-state index in [-0.39, 0.29) is 12.2 Å². The van der Waals surface area contributed by atoms with E-state index in [4.69, 9.17) is 5.73 Å². The maximum atomic E-state index is 12.3. The summed E-state index contributed by atoms with van der Waals surface area (Å²) < 4.78 is 1.92. The normalized spacial score (nSPS) is 11.0. The number of aromatic nitrogens is 2. The summed E-state index contributed by atoms with van der Waals surface area (Å²) in [5.41, 5.74) is 8.77. The van der Waals surface area contributed by atoms with E-state index in [1.807, 2.05) is 41.2 Å². The molecule has 0 saturated carbocycles. The van der Waals surface area contributed by atoms with Crippen molar-refractivity contribution in [3.05, 3.63) is 52.8 Å². The molecule has 0 aliphatic carbocycles. The molecule has 5 heteroatoms. The van der Waals surface area contributed by atoms with Crippen molar-refractivity contribution in [2.45, 2.75) is 13.3 Å². The number of fused-ring (bicyclic) bond motifs is 1. The molecular formula is C14H13N3OS. The van der Waals surface area contributed by atoms with Crippen molar-refractivity contribution < 1.29 is 4.79 Å². The molecule has 3 rings (SSSR count). The summed E-state index contributed by atoms with van der Waals surface area (Å²) in [4.78, 5) is 17.6. The molecule has 0 unspecified atom stereocenters. The first-order valence-corrected chi connectivity index (χ1v) is 6.82. The number of anilines is 1. The number of carbonyl (C=O) groups is 1. The molecule has 0 aliphatic rings. The van der Waals surface area contributed by atoms with Crippen LogP contribution in [0.3, 0.4) is 0 Å². The summed E-state index contributed by atoms with van der Waals surface area (Å²) >= 11 is 1.55. The first kappa shape index (κ1) is 11.9. The van der Waals surface area contributed by atoms with Crippen molar-refractivity contribution in [3.63, 3.8) is 0 Å². The molecule has 3 aromatic rings. The van der Waals surface area contributed by atoms with Crippen molar-refractivity contribution in [3.8, 4) is 0 Å². The molecule has 96 valence electrons. The van der Waals surface area contributed by atoms with Gasteiger partial charge in [0.15, 0.2) is 10.7 Å².